The van der Waals surface area contributed by atoms with Crippen molar-refractivity contribution in [1.29, 1.82) is 0 Å². The first-order valence-electron chi connectivity index (χ1n) is 3.61. The van der Waals surface area contributed by atoms with Crippen molar-refractivity contribution in [2.75, 3.05) is 6.54 Å². The topological polar surface area (TPSA) is 32.7 Å². The fourth-order valence-corrected chi connectivity index (χ4v) is 1.55. The molecule has 2 heterocycles. The summed E-state index contributed by atoms with van der Waals surface area (Å²) in [7, 11) is 0. The first-order valence-corrected chi connectivity index (χ1v) is 3.99. The van der Waals surface area contributed by atoms with Crippen molar-refractivity contribution < 1.29 is 4.79 Å². The van der Waals surface area contributed by atoms with Gasteiger partial charge in [-0.25, -0.2) is 0 Å². The Morgan fingerprint density at radius 1 is 1.67 bits per heavy atom. The molecule has 12 heavy (non-hydrogen) atoms. The summed E-state index contributed by atoms with van der Waals surface area (Å²) in [6.07, 6.45) is 3.40. The van der Waals surface area contributed by atoms with Crippen molar-refractivity contribution in [1.82, 2.24) is 4.90 Å². The molecule has 0 atom stereocenters. The second kappa shape index (κ2) is 2.45. The van der Waals surface area contributed by atoms with Gasteiger partial charge in [0.15, 0.2) is 0 Å². The van der Waals surface area contributed by atoms with E-state index in [0.29, 0.717) is 5.03 Å². The SMILES string of the molecule is CC1=CC(Cl)=CN2C(=O)CN=C12. The standard InChI is InChI=1S/C8H7ClN2O/c1-5-2-6(9)4-11-7(12)3-10-8(5)11/h2,4H,3H2,1H3. The molecular weight excluding hydrogens is 176 g/mol. The largest absolute Gasteiger partial charge is 0.272 e. The summed E-state index contributed by atoms with van der Waals surface area (Å²) in [5.74, 6) is 0.708. The van der Waals surface area contributed by atoms with E-state index in [9.17, 15) is 4.79 Å². The van der Waals surface area contributed by atoms with Crippen molar-refractivity contribution in [3.8, 4) is 0 Å². The third kappa shape index (κ3) is 0.975. The average molecular weight is 183 g/mol. The Morgan fingerprint density at radius 2 is 2.42 bits per heavy atom. The van der Waals surface area contributed by atoms with E-state index in [4.69, 9.17) is 11.6 Å². The lowest BCUT2D eigenvalue weighted by atomic mass is 10.2. The molecule has 0 bridgehead atoms. The number of allylic oxidation sites excluding steroid dienone is 2. The van der Waals surface area contributed by atoms with Crippen LogP contribution in [-0.4, -0.2) is 23.2 Å². The molecule has 0 spiro atoms. The summed E-state index contributed by atoms with van der Waals surface area (Å²) in [6, 6.07) is 0. The Bertz CT molecular complexity index is 341. The number of aliphatic imine (C=N–C) groups is 1. The Balaban J connectivity index is 2.45. The second-order valence-electron chi connectivity index (χ2n) is 2.74. The molecular formula is C8H7ClN2O. The van der Waals surface area contributed by atoms with Gasteiger partial charge in [0.2, 0.25) is 0 Å². The van der Waals surface area contributed by atoms with E-state index in [0.717, 1.165) is 11.4 Å². The zero-order valence-corrected chi connectivity index (χ0v) is 7.30. The highest BCUT2D eigenvalue weighted by Gasteiger charge is 2.27. The van der Waals surface area contributed by atoms with E-state index >= 15 is 0 Å². The van der Waals surface area contributed by atoms with Gasteiger partial charge in [0, 0.05) is 6.20 Å². The molecule has 3 nitrogen and oxygen atoms in total. The van der Waals surface area contributed by atoms with Crippen LogP contribution in [0.25, 0.3) is 0 Å². The van der Waals surface area contributed by atoms with Crippen LogP contribution in [0.15, 0.2) is 27.9 Å². The minimum absolute atomic E-state index is 0.0180. The molecule has 0 saturated carbocycles. The van der Waals surface area contributed by atoms with E-state index in [1.54, 1.807) is 12.3 Å². The summed E-state index contributed by atoms with van der Waals surface area (Å²) in [5, 5.41) is 0.571. The van der Waals surface area contributed by atoms with Crippen molar-refractivity contribution in [2.24, 2.45) is 4.99 Å². The summed E-state index contributed by atoms with van der Waals surface area (Å²) in [5.41, 5.74) is 0.938. The first-order chi connectivity index (χ1) is 5.68. The summed E-state index contributed by atoms with van der Waals surface area (Å²) in [4.78, 5) is 16.8. The summed E-state index contributed by atoms with van der Waals surface area (Å²) in [6.45, 7) is 2.13. The maximum absolute atomic E-state index is 11.2. The third-order valence-corrected chi connectivity index (χ3v) is 2.03. The zero-order chi connectivity index (χ0) is 8.72. The minimum atomic E-state index is -0.0180. The molecule has 0 saturated heterocycles. The van der Waals surface area contributed by atoms with E-state index in [1.165, 1.54) is 4.90 Å². The van der Waals surface area contributed by atoms with Crippen LogP contribution in [0.1, 0.15) is 6.92 Å². The van der Waals surface area contributed by atoms with Gasteiger partial charge in [0.1, 0.15) is 12.4 Å². The van der Waals surface area contributed by atoms with Crippen LogP contribution in [0.2, 0.25) is 0 Å². The molecule has 2 aliphatic heterocycles. The Kier molecular flexibility index (Phi) is 1.54. The predicted molar refractivity (Wildman–Crippen MR) is 46.8 cm³/mol. The highest BCUT2D eigenvalue weighted by Crippen LogP contribution is 2.21. The van der Waals surface area contributed by atoms with Crippen molar-refractivity contribution in [2.45, 2.75) is 6.92 Å². The average Bonchev–Trinajstić information content (AvgIpc) is 2.33. The smallest absolute Gasteiger partial charge is 0.254 e. The molecule has 0 radical (unpaired) electrons. The Morgan fingerprint density at radius 3 is 3.17 bits per heavy atom. The fourth-order valence-electron chi connectivity index (χ4n) is 1.29. The van der Waals surface area contributed by atoms with Crippen LogP contribution in [-0.2, 0) is 4.79 Å². The maximum Gasteiger partial charge on any atom is 0.254 e. The lowest BCUT2D eigenvalue weighted by molar-refractivity contribution is -0.123. The number of carbonyl (C=O) groups is 1. The summed E-state index contributed by atoms with van der Waals surface area (Å²) < 4.78 is 0. The molecule has 1 amide bonds. The molecule has 0 aromatic heterocycles. The molecule has 2 rings (SSSR count). The van der Waals surface area contributed by atoms with Gasteiger partial charge in [-0.2, -0.15) is 0 Å². The number of hydrogen-bond acceptors (Lipinski definition) is 2. The highest BCUT2D eigenvalue weighted by atomic mass is 35.5. The molecule has 0 aromatic rings. The normalized spacial score (nSPS) is 21.7. The molecule has 0 aliphatic carbocycles. The highest BCUT2D eigenvalue weighted by molar-refractivity contribution is 6.33. The van der Waals surface area contributed by atoms with Gasteiger partial charge in [-0.15, -0.1) is 0 Å². The van der Waals surface area contributed by atoms with Crippen molar-refractivity contribution >= 4 is 23.3 Å². The third-order valence-electron chi connectivity index (χ3n) is 1.82. The van der Waals surface area contributed by atoms with E-state index in [-0.39, 0.29) is 12.5 Å². The van der Waals surface area contributed by atoms with Crippen LogP contribution >= 0.6 is 11.6 Å². The quantitative estimate of drug-likeness (QED) is 0.555. The van der Waals surface area contributed by atoms with Gasteiger partial charge in [-0.05, 0) is 18.6 Å². The monoisotopic (exact) mass is 182 g/mol. The van der Waals surface area contributed by atoms with Crippen LogP contribution in [0.4, 0.5) is 0 Å². The van der Waals surface area contributed by atoms with Gasteiger partial charge in [0.05, 0.1) is 5.03 Å². The Hall–Kier alpha value is -1.09. The number of amides is 1. The molecule has 0 fully saturated rings. The zero-order valence-electron chi connectivity index (χ0n) is 6.54. The predicted octanol–water partition coefficient (Wildman–Crippen LogP) is 1.27. The number of carbonyl (C=O) groups excluding carboxylic acids is 1. The van der Waals surface area contributed by atoms with Crippen LogP contribution in [0.5, 0.6) is 0 Å². The number of fused-ring (bicyclic) bond motifs is 1. The number of halogens is 1. The van der Waals surface area contributed by atoms with E-state index in [2.05, 4.69) is 4.99 Å². The van der Waals surface area contributed by atoms with Gasteiger partial charge in [-0.1, -0.05) is 11.6 Å². The van der Waals surface area contributed by atoms with Crippen molar-refractivity contribution in [3.05, 3.63) is 22.9 Å². The van der Waals surface area contributed by atoms with E-state index < -0.39 is 0 Å². The lowest BCUT2D eigenvalue weighted by Gasteiger charge is -2.18. The number of amidine groups is 1. The van der Waals surface area contributed by atoms with E-state index in [1.807, 2.05) is 6.92 Å². The fraction of sp³-hybridized carbons (Fsp3) is 0.250. The molecule has 62 valence electrons. The lowest BCUT2D eigenvalue weighted by Crippen LogP contribution is -2.29. The first kappa shape index (κ1) is 7.55. The van der Waals surface area contributed by atoms with Crippen LogP contribution in [0.3, 0.4) is 0 Å². The number of hydrogen-bond donors (Lipinski definition) is 0. The van der Waals surface area contributed by atoms with Gasteiger partial charge in [-0.3, -0.25) is 14.7 Å². The Labute approximate surface area is 75.0 Å². The molecule has 0 unspecified atom stereocenters. The van der Waals surface area contributed by atoms with Crippen molar-refractivity contribution in [3.63, 3.8) is 0 Å². The molecule has 2 aliphatic rings. The number of rotatable bonds is 0. The van der Waals surface area contributed by atoms with Gasteiger partial charge < -0.3 is 0 Å². The minimum Gasteiger partial charge on any atom is -0.272 e. The van der Waals surface area contributed by atoms with Gasteiger partial charge >= 0.3 is 0 Å². The summed E-state index contributed by atoms with van der Waals surface area (Å²) >= 11 is 5.78. The molecule has 0 aromatic carbocycles. The maximum atomic E-state index is 11.2. The van der Waals surface area contributed by atoms with Gasteiger partial charge in [0.25, 0.3) is 5.91 Å². The van der Waals surface area contributed by atoms with Crippen LogP contribution < -0.4 is 0 Å². The van der Waals surface area contributed by atoms with Crippen LogP contribution in [0, 0.1) is 0 Å². The second-order valence-corrected chi connectivity index (χ2v) is 3.18. The molecule has 4 heteroatoms. The molecule has 0 N–H and O–H groups in total. The number of nitrogens with zero attached hydrogens (tertiary/aromatic N) is 2.